The van der Waals surface area contributed by atoms with Gasteiger partial charge in [-0.3, -0.25) is 9.59 Å². The third-order valence-electron chi connectivity index (χ3n) is 3.02. The Morgan fingerprint density at radius 3 is 2.35 bits per heavy atom. The number of carbonyl (C=O) groups excluding carboxylic acids is 2. The molecule has 0 spiro atoms. The zero-order chi connectivity index (χ0) is 16.5. The molecular formula is C19H18N2O2. The van der Waals surface area contributed by atoms with Gasteiger partial charge in [0.15, 0.2) is 0 Å². The lowest BCUT2D eigenvalue weighted by Gasteiger charge is -2.04. The van der Waals surface area contributed by atoms with Crippen LogP contribution in [0.4, 0.5) is 5.69 Å². The molecule has 0 aliphatic heterocycles. The summed E-state index contributed by atoms with van der Waals surface area (Å²) in [6.45, 7) is 1.77. The van der Waals surface area contributed by atoms with Crippen molar-refractivity contribution in [2.45, 2.75) is 13.3 Å². The highest BCUT2D eigenvalue weighted by Crippen LogP contribution is 2.09. The Balaban J connectivity index is 1.79. The molecule has 4 nitrogen and oxygen atoms in total. The van der Waals surface area contributed by atoms with Crippen LogP contribution >= 0.6 is 0 Å². The van der Waals surface area contributed by atoms with Crippen LogP contribution in [0, 0.1) is 11.8 Å². The average molecular weight is 306 g/mol. The van der Waals surface area contributed by atoms with E-state index in [1.54, 1.807) is 12.1 Å². The molecule has 0 aromatic heterocycles. The van der Waals surface area contributed by atoms with Gasteiger partial charge in [0.25, 0.3) is 0 Å². The molecule has 0 aliphatic carbocycles. The van der Waals surface area contributed by atoms with Gasteiger partial charge in [0, 0.05) is 18.2 Å². The van der Waals surface area contributed by atoms with Gasteiger partial charge in [0.05, 0.1) is 13.0 Å². The Morgan fingerprint density at radius 2 is 1.70 bits per heavy atom. The van der Waals surface area contributed by atoms with Crippen LogP contribution < -0.4 is 10.6 Å². The van der Waals surface area contributed by atoms with Crippen molar-refractivity contribution in [2.75, 3.05) is 11.9 Å². The van der Waals surface area contributed by atoms with E-state index in [4.69, 9.17) is 0 Å². The summed E-state index contributed by atoms with van der Waals surface area (Å²) < 4.78 is 0. The lowest BCUT2D eigenvalue weighted by molar-refractivity contribution is -0.120. The Hall–Kier alpha value is -3.06. The smallest absolute Gasteiger partial charge is 0.225 e. The highest BCUT2D eigenvalue weighted by molar-refractivity contribution is 5.88. The fourth-order valence-corrected chi connectivity index (χ4v) is 1.97. The normalized spacial score (nSPS) is 9.43. The van der Waals surface area contributed by atoms with E-state index in [9.17, 15) is 9.59 Å². The molecule has 0 saturated heterocycles. The number of rotatable bonds is 4. The summed E-state index contributed by atoms with van der Waals surface area (Å²) in [5.74, 6) is 5.70. The molecule has 2 amide bonds. The van der Waals surface area contributed by atoms with E-state index in [1.165, 1.54) is 6.92 Å². The monoisotopic (exact) mass is 306 g/mol. The minimum Gasteiger partial charge on any atom is -0.345 e. The molecular weight excluding hydrogens is 288 g/mol. The van der Waals surface area contributed by atoms with Gasteiger partial charge in [-0.25, -0.2) is 0 Å². The molecule has 2 aromatic rings. The third kappa shape index (κ3) is 6.06. The molecule has 2 N–H and O–H groups in total. The Kier molecular flexibility index (Phi) is 5.96. The van der Waals surface area contributed by atoms with E-state index in [1.807, 2.05) is 42.5 Å². The summed E-state index contributed by atoms with van der Waals surface area (Å²) in [5.41, 5.74) is 2.53. The molecule has 0 heterocycles. The van der Waals surface area contributed by atoms with Crippen molar-refractivity contribution in [1.82, 2.24) is 5.32 Å². The van der Waals surface area contributed by atoms with Crippen LogP contribution in [-0.2, 0) is 16.0 Å². The van der Waals surface area contributed by atoms with Gasteiger partial charge >= 0.3 is 0 Å². The highest BCUT2D eigenvalue weighted by atomic mass is 16.2. The Morgan fingerprint density at radius 1 is 1.00 bits per heavy atom. The minimum absolute atomic E-state index is 0.0837. The second kappa shape index (κ2) is 8.40. The summed E-state index contributed by atoms with van der Waals surface area (Å²) >= 11 is 0. The van der Waals surface area contributed by atoms with E-state index < -0.39 is 0 Å². The first-order chi connectivity index (χ1) is 11.1. The van der Waals surface area contributed by atoms with Crippen molar-refractivity contribution in [2.24, 2.45) is 0 Å². The first-order valence-corrected chi connectivity index (χ1v) is 7.30. The fraction of sp³-hybridized carbons (Fsp3) is 0.158. The van der Waals surface area contributed by atoms with Gasteiger partial charge < -0.3 is 10.6 Å². The van der Waals surface area contributed by atoms with Crippen molar-refractivity contribution in [3.63, 3.8) is 0 Å². The molecule has 2 rings (SSSR count). The predicted molar refractivity (Wildman–Crippen MR) is 90.8 cm³/mol. The highest BCUT2D eigenvalue weighted by Gasteiger charge is 2.02. The molecule has 0 bridgehead atoms. The van der Waals surface area contributed by atoms with Gasteiger partial charge in [-0.2, -0.15) is 0 Å². The van der Waals surface area contributed by atoms with Crippen molar-refractivity contribution in [1.29, 1.82) is 0 Å². The van der Waals surface area contributed by atoms with E-state index in [0.717, 1.165) is 16.8 Å². The summed E-state index contributed by atoms with van der Waals surface area (Å²) in [6, 6.07) is 16.8. The minimum atomic E-state index is -0.118. The number of nitrogens with one attached hydrogen (secondary N) is 2. The van der Waals surface area contributed by atoms with Gasteiger partial charge in [0.2, 0.25) is 11.8 Å². The second-order valence-corrected chi connectivity index (χ2v) is 5.00. The van der Waals surface area contributed by atoms with E-state index >= 15 is 0 Å². The summed E-state index contributed by atoms with van der Waals surface area (Å²) in [7, 11) is 0. The zero-order valence-electron chi connectivity index (χ0n) is 12.9. The zero-order valence-corrected chi connectivity index (χ0v) is 12.9. The lowest BCUT2D eigenvalue weighted by Crippen LogP contribution is -2.25. The van der Waals surface area contributed by atoms with Crippen molar-refractivity contribution >= 4 is 17.5 Å². The number of amides is 2. The van der Waals surface area contributed by atoms with Crippen LogP contribution in [0.2, 0.25) is 0 Å². The quantitative estimate of drug-likeness (QED) is 0.852. The van der Waals surface area contributed by atoms with Crippen molar-refractivity contribution in [3.05, 3.63) is 65.7 Å². The number of anilines is 1. The molecule has 116 valence electrons. The second-order valence-electron chi connectivity index (χ2n) is 5.00. The number of hydrogen-bond donors (Lipinski definition) is 2. The van der Waals surface area contributed by atoms with Crippen molar-refractivity contribution in [3.8, 4) is 11.8 Å². The molecule has 0 fully saturated rings. The van der Waals surface area contributed by atoms with Crippen LogP contribution in [0.3, 0.4) is 0 Å². The van der Waals surface area contributed by atoms with Gasteiger partial charge in [-0.1, -0.05) is 42.2 Å². The van der Waals surface area contributed by atoms with E-state index in [2.05, 4.69) is 22.5 Å². The van der Waals surface area contributed by atoms with E-state index in [-0.39, 0.29) is 18.2 Å². The van der Waals surface area contributed by atoms with Crippen molar-refractivity contribution < 1.29 is 9.59 Å². The van der Waals surface area contributed by atoms with Crippen LogP contribution in [0.5, 0.6) is 0 Å². The first-order valence-electron chi connectivity index (χ1n) is 7.30. The maximum Gasteiger partial charge on any atom is 0.225 e. The molecule has 23 heavy (non-hydrogen) atoms. The SMILES string of the molecule is CC(=O)Nc1ccc(CC(=O)NCC#Cc2ccccc2)cc1. The summed E-state index contributed by atoms with van der Waals surface area (Å²) in [6.07, 6.45) is 0.285. The molecule has 0 unspecified atom stereocenters. The number of benzene rings is 2. The first kappa shape index (κ1) is 16.3. The van der Waals surface area contributed by atoms with Crippen LogP contribution in [0.15, 0.2) is 54.6 Å². The average Bonchev–Trinajstić information content (AvgIpc) is 2.54. The molecule has 4 heteroatoms. The summed E-state index contributed by atoms with van der Waals surface area (Å²) in [5, 5.41) is 5.45. The lowest BCUT2D eigenvalue weighted by atomic mass is 10.1. The van der Waals surface area contributed by atoms with Gasteiger partial charge in [-0.05, 0) is 29.8 Å². The van der Waals surface area contributed by atoms with Crippen LogP contribution in [-0.4, -0.2) is 18.4 Å². The molecule has 0 atom stereocenters. The maximum atomic E-state index is 11.8. The number of carbonyl (C=O) groups is 2. The van der Waals surface area contributed by atoms with Gasteiger partial charge in [0.1, 0.15) is 0 Å². The molecule has 0 saturated carbocycles. The molecule has 0 aliphatic rings. The third-order valence-corrected chi connectivity index (χ3v) is 3.02. The standard InChI is InChI=1S/C19H18N2O2/c1-15(22)21-18-11-9-17(10-12-18)14-19(23)20-13-5-8-16-6-3-2-4-7-16/h2-4,6-7,9-12H,13-14H2,1H3,(H,20,23)(H,21,22). The Labute approximate surface area is 135 Å². The Bertz CT molecular complexity index is 725. The van der Waals surface area contributed by atoms with E-state index in [0.29, 0.717) is 6.54 Å². The van der Waals surface area contributed by atoms with Crippen LogP contribution in [0.1, 0.15) is 18.1 Å². The maximum absolute atomic E-state index is 11.8. The summed E-state index contributed by atoms with van der Waals surface area (Å²) in [4.78, 5) is 22.8. The fourth-order valence-electron chi connectivity index (χ4n) is 1.97. The predicted octanol–water partition coefficient (Wildman–Crippen LogP) is 2.36. The topological polar surface area (TPSA) is 58.2 Å². The van der Waals surface area contributed by atoms with Crippen LogP contribution in [0.25, 0.3) is 0 Å². The van der Waals surface area contributed by atoms with Gasteiger partial charge in [-0.15, -0.1) is 0 Å². The number of hydrogen-bond acceptors (Lipinski definition) is 2. The largest absolute Gasteiger partial charge is 0.345 e. The molecule has 2 aromatic carbocycles. The molecule has 0 radical (unpaired) electrons.